The summed E-state index contributed by atoms with van der Waals surface area (Å²) < 4.78 is 1.98. The minimum absolute atomic E-state index is 0.148. The van der Waals surface area contributed by atoms with Crippen LogP contribution in [0.25, 0.3) is 0 Å². The number of hydrogen-bond acceptors (Lipinski definition) is 3. The lowest BCUT2D eigenvalue weighted by Gasteiger charge is -2.19. The van der Waals surface area contributed by atoms with Crippen molar-refractivity contribution in [3.05, 3.63) is 18.2 Å². The molecule has 0 spiro atoms. The minimum Gasteiger partial charge on any atom is -0.480 e. The molecule has 1 aliphatic carbocycles. The van der Waals surface area contributed by atoms with E-state index in [9.17, 15) is 4.79 Å². The molecule has 1 aliphatic rings. The zero-order valence-electron chi connectivity index (χ0n) is 9.46. The van der Waals surface area contributed by atoms with Crippen LogP contribution in [0.15, 0.2) is 12.4 Å². The van der Waals surface area contributed by atoms with Crippen molar-refractivity contribution in [1.82, 2.24) is 14.5 Å². The minimum atomic E-state index is -0.744. The van der Waals surface area contributed by atoms with Crippen LogP contribution < -0.4 is 0 Å². The molecule has 1 heterocycles. The monoisotopic (exact) mass is 223 g/mol. The van der Waals surface area contributed by atoms with Crippen molar-refractivity contribution in [3.63, 3.8) is 0 Å². The topological polar surface area (TPSA) is 58.4 Å². The average molecular weight is 223 g/mol. The summed E-state index contributed by atoms with van der Waals surface area (Å²) in [6.45, 7) is 0.927. The van der Waals surface area contributed by atoms with Gasteiger partial charge in [0.1, 0.15) is 5.82 Å². The van der Waals surface area contributed by atoms with Crippen molar-refractivity contribution in [2.45, 2.75) is 25.3 Å². The van der Waals surface area contributed by atoms with Gasteiger partial charge in [0.25, 0.3) is 0 Å². The van der Waals surface area contributed by atoms with E-state index in [2.05, 4.69) is 4.98 Å². The first kappa shape index (κ1) is 11.1. The lowest BCUT2D eigenvalue weighted by atomic mass is 10.3. The Hall–Kier alpha value is -1.36. The smallest absolute Gasteiger partial charge is 0.317 e. The van der Waals surface area contributed by atoms with Crippen LogP contribution in [0.1, 0.15) is 18.7 Å². The second kappa shape index (κ2) is 4.65. The highest BCUT2D eigenvalue weighted by molar-refractivity contribution is 5.69. The number of carboxylic acid groups (broad SMARTS) is 1. The molecule has 88 valence electrons. The van der Waals surface area contributed by atoms with Crippen LogP contribution in [0.3, 0.4) is 0 Å². The van der Waals surface area contributed by atoms with Crippen LogP contribution in [0.5, 0.6) is 0 Å². The third-order valence-electron chi connectivity index (χ3n) is 2.95. The molecular weight excluding hydrogens is 206 g/mol. The van der Waals surface area contributed by atoms with Crippen LogP contribution in [-0.2, 0) is 18.3 Å². The number of aliphatic carboxylic acids is 1. The Morgan fingerprint density at radius 2 is 2.44 bits per heavy atom. The van der Waals surface area contributed by atoms with E-state index in [-0.39, 0.29) is 6.54 Å². The Balaban J connectivity index is 1.86. The molecule has 16 heavy (non-hydrogen) atoms. The molecular formula is C11H17N3O2. The second-order valence-corrected chi connectivity index (χ2v) is 4.30. The molecule has 1 N–H and O–H groups in total. The van der Waals surface area contributed by atoms with Gasteiger partial charge in [0.15, 0.2) is 0 Å². The number of rotatable bonds is 6. The van der Waals surface area contributed by atoms with Gasteiger partial charge in [0.2, 0.25) is 0 Å². The van der Waals surface area contributed by atoms with E-state index in [1.54, 1.807) is 6.20 Å². The number of imidazole rings is 1. The fraction of sp³-hybridized carbons (Fsp3) is 0.636. The molecule has 0 radical (unpaired) electrons. The second-order valence-electron chi connectivity index (χ2n) is 4.30. The van der Waals surface area contributed by atoms with E-state index in [4.69, 9.17) is 5.11 Å². The summed E-state index contributed by atoms with van der Waals surface area (Å²) in [5.41, 5.74) is 0. The maximum absolute atomic E-state index is 10.7. The predicted octanol–water partition coefficient (Wildman–Crippen LogP) is 0.512. The molecule has 5 nitrogen and oxygen atoms in total. The predicted molar refractivity (Wildman–Crippen MR) is 59.1 cm³/mol. The van der Waals surface area contributed by atoms with E-state index >= 15 is 0 Å². The first-order valence-electron chi connectivity index (χ1n) is 5.59. The zero-order chi connectivity index (χ0) is 11.5. The van der Waals surface area contributed by atoms with Crippen molar-refractivity contribution < 1.29 is 9.90 Å². The molecule has 0 atom stereocenters. The van der Waals surface area contributed by atoms with Gasteiger partial charge in [-0.15, -0.1) is 0 Å². The SMILES string of the molecule is Cn1ccnc1CCN(CC(=O)O)C1CC1. The zero-order valence-corrected chi connectivity index (χ0v) is 9.46. The molecule has 2 rings (SSSR count). The Labute approximate surface area is 94.7 Å². The Morgan fingerprint density at radius 1 is 1.69 bits per heavy atom. The summed E-state index contributed by atoms with van der Waals surface area (Å²) in [5, 5.41) is 8.81. The molecule has 1 aromatic rings. The maximum Gasteiger partial charge on any atom is 0.317 e. The quantitative estimate of drug-likeness (QED) is 0.763. The maximum atomic E-state index is 10.7. The Kier molecular flexibility index (Phi) is 3.24. The lowest BCUT2D eigenvalue weighted by molar-refractivity contribution is -0.138. The summed E-state index contributed by atoms with van der Waals surface area (Å²) in [4.78, 5) is 17.0. The Morgan fingerprint density at radius 3 is 2.94 bits per heavy atom. The van der Waals surface area contributed by atoms with Gasteiger partial charge in [-0.25, -0.2) is 4.98 Å². The number of carboxylic acids is 1. The molecule has 1 saturated carbocycles. The highest BCUT2D eigenvalue weighted by Gasteiger charge is 2.29. The molecule has 5 heteroatoms. The first-order chi connectivity index (χ1) is 7.66. The van der Waals surface area contributed by atoms with Gasteiger partial charge in [-0.3, -0.25) is 9.69 Å². The summed E-state index contributed by atoms with van der Waals surface area (Å²) >= 11 is 0. The number of hydrogen-bond donors (Lipinski definition) is 1. The van der Waals surface area contributed by atoms with Gasteiger partial charge in [-0.2, -0.15) is 0 Å². The Bertz CT molecular complexity index is 371. The van der Waals surface area contributed by atoms with E-state index in [0.29, 0.717) is 6.04 Å². The first-order valence-corrected chi connectivity index (χ1v) is 5.59. The molecule has 0 amide bonds. The van der Waals surface area contributed by atoms with E-state index in [1.807, 2.05) is 22.7 Å². The molecule has 0 unspecified atom stereocenters. The van der Waals surface area contributed by atoms with Crippen molar-refractivity contribution >= 4 is 5.97 Å². The highest BCUT2D eigenvalue weighted by atomic mass is 16.4. The van der Waals surface area contributed by atoms with Gasteiger partial charge in [0, 0.05) is 38.4 Å². The van der Waals surface area contributed by atoms with Crippen molar-refractivity contribution in [2.24, 2.45) is 7.05 Å². The number of nitrogens with zero attached hydrogens (tertiary/aromatic N) is 3. The van der Waals surface area contributed by atoms with Crippen molar-refractivity contribution in [2.75, 3.05) is 13.1 Å². The van der Waals surface area contributed by atoms with Crippen LogP contribution >= 0.6 is 0 Å². The average Bonchev–Trinajstić information content (AvgIpc) is 2.98. The fourth-order valence-corrected chi connectivity index (χ4v) is 1.89. The summed E-state index contributed by atoms with van der Waals surface area (Å²) in [6, 6.07) is 0.483. The summed E-state index contributed by atoms with van der Waals surface area (Å²) in [6.07, 6.45) is 6.76. The van der Waals surface area contributed by atoms with Crippen LogP contribution in [0.2, 0.25) is 0 Å². The van der Waals surface area contributed by atoms with Gasteiger partial charge in [-0.1, -0.05) is 0 Å². The number of carbonyl (C=O) groups is 1. The lowest BCUT2D eigenvalue weighted by Crippen LogP contribution is -2.33. The van der Waals surface area contributed by atoms with E-state index < -0.39 is 5.97 Å². The van der Waals surface area contributed by atoms with Crippen LogP contribution in [-0.4, -0.2) is 44.7 Å². The molecule has 0 aliphatic heterocycles. The van der Waals surface area contributed by atoms with Gasteiger partial charge >= 0.3 is 5.97 Å². The standard InChI is InChI=1S/C11H17N3O2/c1-13-7-5-12-10(13)4-6-14(8-11(15)16)9-2-3-9/h5,7,9H,2-4,6,8H2,1H3,(H,15,16). The summed E-state index contributed by atoms with van der Waals surface area (Å²) in [7, 11) is 1.96. The molecule has 1 aromatic heterocycles. The van der Waals surface area contributed by atoms with E-state index in [0.717, 1.165) is 31.6 Å². The third kappa shape index (κ3) is 2.82. The van der Waals surface area contributed by atoms with Gasteiger partial charge in [-0.05, 0) is 12.8 Å². The van der Waals surface area contributed by atoms with Crippen LogP contribution in [0, 0.1) is 0 Å². The number of aryl methyl sites for hydroxylation is 1. The van der Waals surface area contributed by atoms with Gasteiger partial charge in [0.05, 0.1) is 6.54 Å². The molecule has 0 bridgehead atoms. The third-order valence-corrected chi connectivity index (χ3v) is 2.95. The van der Waals surface area contributed by atoms with Gasteiger partial charge < -0.3 is 9.67 Å². The van der Waals surface area contributed by atoms with Crippen molar-refractivity contribution in [3.8, 4) is 0 Å². The normalized spacial score (nSPS) is 15.6. The van der Waals surface area contributed by atoms with Crippen molar-refractivity contribution in [1.29, 1.82) is 0 Å². The van der Waals surface area contributed by atoms with Crippen LogP contribution in [0.4, 0.5) is 0 Å². The number of aromatic nitrogens is 2. The molecule has 0 aromatic carbocycles. The van der Waals surface area contributed by atoms with E-state index in [1.165, 1.54) is 0 Å². The molecule has 1 fully saturated rings. The highest BCUT2D eigenvalue weighted by Crippen LogP contribution is 2.26. The fourth-order valence-electron chi connectivity index (χ4n) is 1.89. The largest absolute Gasteiger partial charge is 0.480 e. The molecule has 0 saturated heterocycles. The summed E-state index contributed by atoms with van der Waals surface area (Å²) in [5.74, 6) is 0.266.